The highest BCUT2D eigenvalue weighted by Gasteiger charge is 2.11. The lowest BCUT2D eigenvalue weighted by molar-refractivity contribution is 0.413. The van der Waals surface area contributed by atoms with Crippen LogP contribution in [0.15, 0.2) is 36.4 Å². The molecule has 2 nitrogen and oxygen atoms in total. The van der Waals surface area contributed by atoms with E-state index in [-0.39, 0.29) is 5.75 Å². The molecule has 0 spiro atoms. The van der Waals surface area contributed by atoms with Crippen molar-refractivity contribution in [2.75, 3.05) is 6.54 Å². The van der Waals surface area contributed by atoms with Gasteiger partial charge in [-0.05, 0) is 43.7 Å². The molecule has 0 atom stereocenters. The largest absolute Gasteiger partial charge is 0.454 e. The summed E-state index contributed by atoms with van der Waals surface area (Å²) >= 11 is 0. The maximum atomic E-state index is 13.6. The molecule has 19 heavy (non-hydrogen) atoms. The topological polar surface area (TPSA) is 35.2 Å². The summed E-state index contributed by atoms with van der Waals surface area (Å²) in [6.07, 6.45) is 0.619. The van der Waals surface area contributed by atoms with Crippen LogP contribution in [0.2, 0.25) is 0 Å². The van der Waals surface area contributed by atoms with Gasteiger partial charge in [0.15, 0.2) is 11.6 Å². The average Bonchev–Trinajstić information content (AvgIpc) is 2.38. The minimum atomic E-state index is -0.984. The third-order valence-electron chi connectivity index (χ3n) is 2.77. The van der Waals surface area contributed by atoms with Crippen molar-refractivity contribution in [1.29, 1.82) is 0 Å². The van der Waals surface area contributed by atoms with Crippen LogP contribution in [-0.4, -0.2) is 6.54 Å². The van der Waals surface area contributed by atoms with Gasteiger partial charge in [-0.3, -0.25) is 0 Å². The van der Waals surface area contributed by atoms with Gasteiger partial charge in [-0.25, -0.2) is 4.39 Å². The second-order valence-corrected chi connectivity index (χ2v) is 4.30. The van der Waals surface area contributed by atoms with Gasteiger partial charge in [0, 0.05) is 0 Å². The summed E-state index contributed by atoms with van der Waals surface area (Å²) in [5.41, 5.74) is 7.48. The van der Waals surface area contributed by atoms with Crippen molar-refractivity contribution >= 4 is 0 Å². The molecule has 4 heteroatoms. The summed E-state index contributed by atoms with van der Waals surface area (Å²) in [6, 6.07) is 9.38. The first-order chi connectivity index (χ1) is 9.11. The lowest BCUT2D eigenvalue weighted by Gasteiger charge is -2.12. The summed E-state index contributed by atoms with van der Waals surface area (Å²) in [4.78, 5) is 0. The Kier molecular flexibility index (Phi) is 4.12. The minimum absolute atomic E-state index is 0.123. The highest BCUT2D eigenvalue weighted by Crippen LogP contribution is 2.29. The number of hydrogen-bond donors (Lipinski definition) is 1. The van der Waals surface area contributed by atoms with E-state index in [1.165, 1.54) is 12.1 Å². The van der Waals surface area contributed by atoms with Gasteiger partial charge in [-0.2, -0.15) is 4.39 Å². The van der Waals surface area contributed by atoms with Crippen molar-refractivity contribution in [1.82, 2.24) is 0 Å². The summed E-state index contributed by atoms with van der Waals surface area (Å²) in [5, 5.41) is 0. The standard InChI is InChI=1S/C15H15F2NO/c1-10-5-6-13(11(9-10)7-8-18)19-14-4-2-3-12(16)15(14)17/h2-6,9H,7-8,18H2,1H3. The summed E-state index contributed by atoms with van der Waals surface area (Å²) < 4.78 is 32.1. The molecule has 0 amide bonds. The van der Waals surface area contributed by atoms with Gasteiger partial charge in [0.2, 0.25) is 5.82 Å². The molecular weight excluding hydrogens is 248 g/mol. The first-order valence-electron chi connectivity index (χ1n) is 6.03. The Morgan fingerprint density at radius 1 is 1.11 bits per heavy atom. The number of rotatable bonds is 4. The zero-order valence-electron chi connectivity index (χ0n) is 10.6. The fraction of sp³-hybridized carbons (Fsp3) is 0.200. The second-order valence-electron chi connectivity index (χ2n) is 4.30. The Morgan fingerprint density at radius 3 is 2.63 bits per heavy atom. The van der Waals surface area contributed by atoms with E-state index in [9.17, 15) is 8.78 Å². The van der Waals surface area contributed by atoms with Gasteiger partial charge >= 0.3 is 0 Å². The molecule has 0 aliphatic rings. The van der Waals surface area contributed by atoms with Gasteiger partial charge in [0.25, 0.3) is 0 Å². The Hall–Kier alpha value is -1.94. The van der Waals surface area contributed by atoms with E-state index < -0.39 is 11.6 Å². The zero-order chi connectivity index (χ0) is 13.8. The molecule has 0 aliphatic heterocycles. The minimum Gasteiger partial charge on any atom is -0.454 e. The number of hydrogen-bond acceptors (Lipinski definition) is 2. The molecule has 0 heterocycles. The Morgan fingerprint density at radius 2 is 1.89 bits per heavy atom. The summed E-state index contributed by atoms with van der Waals surface area (Å²) in [7, 11) is 0. The van der Waals surface area contributed by atoms with E-state index in [0.717, 1.165) is 17.2 Å². The Bertz CT molecular complexity index is 584. The molecular formula is C15H15F2NO. The predicted molar refractivity (Wildman–Crippen MR) is 70.4 cm³/mol. The maximum Gasteiger partial charge on any atom is 0.201 e. The van der Waals surface area contributed by atoms with Crippen molar-refractivity contribution in [2.45, 2.75) is 13.3 Å². The first-order valence-corrected chi connectivity index (χ1v) is 6.03. The first kappa shape index (κ1) is 13.5. The van der Waals surface area contributed by atoms with Crippen LogP contribution < -0.4 is 10.5 Å². The van der Waals surface area contributed by atoms with Crippen LogP contribution in [0.5, 0.6) is 11.5 Å². The second kappa shape index (κ2) is 5.80. The molecule has 0 aromatic heterocycles. The van der Waals surface area contributed by atoms with Crippen LogP contribution in [0.1, 0.15) is 11.1 Å². The molecule has 0 bridgehead atoms. The molecule has 0 aliphatic carbocycles. The van der Waals surface area contributed by atoms with E-state index in [4.69, 9.17) is 10.5 Å². The van der Waals surface area contributed by atoms with Crippen molar-refractivity contribution in [2.24, 2.45) is 5.73 Å². The fourth-order valence-corrected chi connectivity index (χ4v) is 1.84. The molecule has 100 valence electrons. The third-order valence-corrected chi connectivity index (χ3v) is 2.77. The van der Waals surface area contributed by atoms with Gasteiger partial charge < -0.3 is 10.5 Å². The molecule has 0 saturated heterocycles. The van der Waals surface area contributed by atoms with Gasteiger partial charge in [0.05, 0.1) is 0 Å². The number of halogens is 2. The number of ether oxygens (including phenoxy) is 1. The van der Waals surface area contributed by atoms with Crippen molar-refractivity contribution < 1.29 is 13.5 Å². The SMILES string of the molecule is Cc1ccc(Oc2cccc(F)c2F)c(CCN)c1. The molecule has 2 N–H and O–H groups in total. The lowest BCUT2D eigenvalue weighted by Crippen LogP contribution is -2.04. The molecule has 2 aromatic rings. The van der Waals surface area contributed by atoms with E-state index in [1.54, 1.807) is 6.07 Å². The van der Waals surface area contributed by atoms with Crippen molar-refractivity contribution in [3.05, 3.63) is 59.2 Å². The van der Waals surface area contributed by atoms with Crippen LogP contribution in [0, 0.1) is 18.6 Å². The van der Waals surface area contributed by atoms with Crippen LogP contribution in [0.4, 0.5) is 8.78 Å². The average molecular weight is 263 g/mol. The fourth-order valence-electron chi connectivity index (χ4n) is 1.84. The van der Waals surface area contributed by atoms with Crippen molar-refractivity contribution in [3.63, 3.8) is 0 Å². The zero-order valence-corrected chi connectivity index (χ0v) is 10.6. The smallest absolute Gasteiger partial charge is 0.201 e. The molecule has 2 rings (SSSR count). The van der Waals surface area contributed by atoms with Crippen LogP contribution in [0.3, 0.4) is 0 Å². The highest BCUT2D eigenvalue weighted by molar-refractivity contribution is 5.41. The third kappa shape index (κ3) is 3.09. The lowest BCUT2D eigenvalue weighted by atomic mass is 10.1. The monoisotopic (exact) mass is 263 g/mol. The van der Waals surface area contributed by atoms with Gasteiger partial charge in [-0.15, -0.1) is 0 Å². The van der Waals surface area contributed by atoms with E-state index in [2.05, 4.69) is 0 Å². The maximum absolute atomic E-state index is 13.6. The normalized spacial score (nSPS) is 10.5. The number of benzene rings is 2. The quantitative estimate of drug-likeness (QED) is 0.915. The van der Waals surface area contributed by atoms with Crippen molar-refractivity contribution in [3.8, 4) is 11.5 Å². The van der Waals surface area contributed by atoms with E-state index >= 15 is 0 Å². The Labute approximate surface area is 110 Å². The predicted octanol–water partition coefficient (Wildman–Crippen LogP) is 3.57. The summed E-state index contributed by atoms with van der Waals surface area (Å²) in [5.74, 6) is -1.53. The Balaban J connectivity index is 2.35. The van der Waals surface area contributed by atoms with Crippen LogP contribution in [0.25, 0.3) is 0 Å². The number of aryl methyl sites for hydroxylation is 1. The van der Waals surface area contributed by atoms with Gasteiger partial charge in [-0.1, -0.05) is 23.8 Å². The van der Waals surface area contributed by atoms with E-state index in [0.29, 0.717) is 18.7 Å². The molecule has 0 unspecified atom stereocenters. The molecule has 0 fully saturated rings. The molecule has 0 saturated carbocycles. The van der Waals surface area contributed by atoms with Crippen LogP contribution in [-0.2, 0) is 6.42 Å². The summed E-state index contributed by atoms with van der Waals surface area (Å²) in [6.45, 7) is 2.41. The van der Waals surface area contributed by atoms with E-state index in [1.807, 2.05) is 19.1 Å². The molecule has 2 aromatic carbocycles. The van der Waals surface area contributed by atoms with Gasteiger partial charge in [0.1, 0.15) is 5.75 Å². The van der Waals surface area contributed by atoms with Crippen LogP contribution >= 0.6 is 0 Å². The highest BCUT2D eigenvalue weighted by atomic mass is 19.2. The number of nitrogens with two attached hydrogens (primary N) is 1. The molecule has 0 radical (unpaired) electrons.